The van der Waals surface area contributed by atoms with Gasteiger partial charge in [-0.3, -0.25) is 4.79 Å². The molecule has 1 amide bonds. The number of piperidine rings is 1. The summed E-state index contributed by atoms with van der Waals surface area (Å²) in [5, 5.41) is 12.2. The maximum absolute atomic E-state index is 13.0. The van der Waals surface area contributed by atoms with Gasteiger partial charge < -0.3 is 10.2 Å². The average Bonchev–Trinajstić information content (AvgIpc) is 2.41. The van der Waals surface area contributed by atoms with Crippen LogP contribution in [0.2, 0.25) is 0 Å². The molecule has 1 aromatic rings. The predicted molar refractivity (Wildman–Crippen MR) is 70.0 cm³/mol. The van der Waals surface area contributed by atoms with Gasteiger partial charge in [-0.15, -0.1) is 0 Å². The number of benzene rings is 1. The lowest BCUT2D eigenvalue weighted by atomic mass is 10.0. The van der Waals surface area contributed by atoms with Gasteiger partial charge in [0.2, 0.25) is 5.91 Å². The summed E-state index contributed by atoms with van der Waals surface area (Å²) in [6.07, 6.45) is 1.67. The molecule has 4 nitrogen and oxygen atoms in total. The topological polar surface area (TPSA) is 56.1 Å². The van der Waals surface area contributed by atoms with Crippen molar-refractivity contribution in [3.8, 4) is 6.07 Å². The molecule has 1 heterocycles. The van der Waals surface area contributed by atoms with Gasteiger partial charge >= 0.3 is 0 Å². The van der Waals surface area contributed by atoms with Crippen molar-refractivity contribution in [3.63, 3.8) is 0 Å². The molecule has 100 valence electrons. The molecule has 0 spiro atoms. The Hall–Kier alpha value is -2.09. The zero-order chi connectivity index (χ0) is 13.8. The van der Waals surface area contributed by atoms with Crippen molar-refractivity contribution in [2.75, 3.05) is 18.4 Å². The van der Waals surface area contributed by atoms with Gasteiger partial charge in [-0.05, 0) is 31.0 Å². The summed E-state index contributed by atoms with van der Waals surface area (Å²) >= 11 is 0. The van der Waals surface area contributed by atoms with E-state index in [-0.39, 0.29) is 11.9 Å². The van der Waals surface area contributed by atoms with Gasteiger partial charge in [0.1, 0.15) is 11.9 Å². The molecule has 2 rings (SSSR count). The van der Waals surface area contributed by atoms with Crippen LogP contribution in [0.3, 0.4) is 0 Å². The first kappa shape index (κ1) is 13.3. The summed E-state index contributed by atoms with van der Waals surface area (Å²) in [6.45, 7) is 3.01. The van der Waals surface area contributed by atoms with Crippen molar-refractivity contribution in [2.45, 2.75) is 25.8 Å². The fourth-order valence-electron chi connectivity index (χ4n) is 2.29. The van der Waals surface area contributed by atoms with Crippen LogP contribution >= 0.6 is 0 Å². The summed E-state index contributed by atoms with van der Waals surface area (Å²) < 4.78 is 13.0. The fraction of sp³-hybridized carbons (Fsp3) is 0.429. The van der Waals surface area contributed by atoms with E-state index in [0.717, 1.165) is 25.9 Å². The number of nitrogens with zero attached hydrogens (tertiary/aromatic N) is 2. The Balaban J connectivity index is 2.00. The molecule has 0 aromatic heterocycles. The van der Waals surface area contributed by atoms with E-state index >= 15 is 0 Å². The van der Waals surface area contributed by atoms with Crippen LogP contribution in [0, 0.1) is 17.1 Å². The van der Waals surface area contributed by atoms with Crippen molar-refractivity contribution in [2.24, 2.45) is 0 Å². The molecule has 19 heavy (non-hydrogen) atoms. The van der Waals surface area contributed by atoms with E-state index in [4.69, 9.17) is 5.26 Å². The lowest BCUT2D eigenvalue weighted by molar-refractivity contribution is -0.129. The van der Waals surface area contributed by atoms with E-state index in [9.17, 15) is 9.18 Å². The Morgan fingerprint density at radius 2 is 2.16 bits per heavy atom. The Kier molecular flexibility index (Phi) is 4.00. The summed E-state index contributed by atoms with van der Waals surface area (Å²) in [7, 11) is 0. The number of nitriles is 1. The predicted octanol–water partition coefficient (Wildman–Crippen LogP) is 2.12. The first-order chi connectivity index (χ1) is 9.10. The molecule has 0 radical (unpaired) electrons. The van der Waals surface area contributed by atoms with Crippen LogP contribution < -0.4 is 5.32 Å². The molecular formula is C14H16FN3O. The molecule has 1 N–H and O–H groups in total. The van der Waals surface area contributed by atoms with Crippen LogP contribution in [-0.2, 0) is 4.79 Å². The number of carbonyl (C=O) groups excluding carboxylic acids is 1. The Labute approximate surface area is 111 Å². The summed E-state index contributed by atoms with van der Waals surface area (Å²) in [5.41, 5.74) is 0.971. The fourth-order valence-corrected chi connectivity index (χ4v) is 2.29. The van der Waals surface area contributed by atoms with Gasteiger partial charge in [-0.1, -0.05) is 0 Å². The number of halogens is 1. The normalized spacial score (nSPS) is 15.9. The van der Waals surface area contributed by atoms with Crippen LogP contribution in [0.5, 0.6) is 0 Å². The van der Waals surface area contributed by atoms with Crippen molar-refractivity contribution in [1.82, 2.24) is 4.90 Å². The number of anilines is 1. The molecule has 1 aromatic carbocycles. The number of amides is 1. The summed E-state index contributed by atoms with van der Waals surface area (Å²) in [5.74, 6) is -0.313. The molecule has 1 aliphatic rings. The minimum absolute atomic E-state index is 0.0953. The Morgan fingerprint density at radius 1 is 1.47 bits per heavy atom. The van der Waals surface area contributed by atoms with Gasteiger partial charge in [0.25, 0.3) is 0 Å². The van der Waals surface area contributed by atoms with Crippen LogP contribution in [0.1, 0.15) is 25.3 Å². The molecular weight excluding hydrogens is 245 g/mol. The van der Waals surface area contributed by atoms with E-state index in [2.05, 4.69) is 5.32 Å². The molecule has 0 unspecified atom stereocenters. The number of hydrogen-bond donors (Lipinski definition) is 1. The van der Waals surface area contributed by atoms with Gasteiger partial charge in [-0.2, -0.15) is 5.26 Å². The van der Waals surface area contributed by atoms with Gasteiger partial charge in [-0.25, -0.2) is 4.39 Å². The van der Waals surface area contributed by atoms with E-state index < -0.39 is 5.82 Å². The second-order valence-corrected chi connectivity index (χ2v) is 4.73. The van der Waals surface area contributed by atoms with Crippen molar-refractivity contribution >= 4 is 11.6 Å². The van der Waals surface area contributed by atoms with Gasteiger partial charge in [0, 0.05) is 26.1 Å². The van der Waals surface area contributed by atoms with E-state index in [0.29, 0.717) is 11.3 Å². The molecule has 5 heteroatoms. The summed E-state index contributed by atoms with van der Waals surface area (Å²) in [4.78, 5) is 13.0. The first-order valence-corrected chi connectivity index (χ1v) is 6.32. The molecule has 0 bridgehead atoms. The molecule has 1 aliphatic heterocycles. The van der Waals surface area contributed by atoms with Crippen LogP contribution in [-0.4, -0.2) is 29.9 Å². The second kappa shape index (κ2) is 5.70. The standard InChI is InChI=1S/C14H16FN3O/c1-10(19)18-6-4-13(5-7-18)17-14-3-2-12(15)8-11(14)9-16/h2-3,8,13,17H,4-7H2,1H3. The maximum atomic E-state index is 13.0. The molecule has 0 atom stereocenters. The highest BCUT2D eigenvalue weighted by atomic mass is 19.1. The van der Waals surface area contributed by atoms with Gasteiger partial charge in [0.15, 0.2) is 0 Å². The third-order valence-corrected chi connectivity index (χ3v) is 3.40. The third-order valence-electron chi connectivity index (χ3n) is 3.40. The lowest BCUT2D eigenvalue weighted by Gasteiger charge is -2.32. The lowest BCUT2D eigenvalue weighted by Crippen LogP contribution is -2.41. The SMILES string of the molecule is CC(=O)N1CCC(Nc2ccc(F)cc2C#N)CC1. The van der Waals surface area contributed by atoms with Gasteiger partial charge in [0.05, 0.1) is 11.3 Å². The largest absolute Gasteiger partial charge is 0.381 e. The number of rotatable bonds is 2. The highest BCUT2D eigenvalue weighted by Gasteiger charge is 2.21. The van der Waals surface area contributed by atoms with E-state index in [1.165, 1.54) is 12.1 Å². The molecule has 0 saturated carbocycles. The smallest absolute Gasteiger partial charge is 0.219 e. The van der Waals surface area contributed by atoms with Crippen LogP contribution in [0.25, 0.3) is 0 Å². The number of nitrogens with one attached hydrogen (secondary N) is 1. The zero-order valence-electron chi connectivity index (χ0n) is 10.8. The zero-order valence-corrected chi connectivity index (χ0v) is 10.8. The van der Waals surface area contributed by atoms with Crippen LogP contribution in [0.15, 0.2) is 18.2 Å². The quantitative estimate of drug-likeness (QED) is 0.887. The van der Waals surface area contributed by atoms with E-state index in [1.807, 2.05) is 11.0 Å². The van der Waals surface area contributed by atoms with Crippen molar-refractivity contribution in [1.29, 1.82) is 5.26 Å². The molecule has 1 saturated heterocycles. The third kappa shape index (κ3) is 3.22. The van der Waals surface area contributed by atoms with Crippen LogP contribution in [0.4, 0.5) is 10.1 Å². The van der Waals surface area contributed by atoms with Crippen molar-refractivity contribution < 1.29 is 9.18 Å². The highest BCUT2D eigenvalue weighted by molar-refractivity contribution is 5.73. The Bertz CT molecular complexity index is 516. The maximum Gasteiger partial charge on any atom is 0.219 e. The van der Waals surface area contributed by atoms with Crippen molar-refractivity contribution in [3.05, 3.63) is 29.6 Å². The minimum Gasteiger partial charge on any atom is -0.381 e. The molecule has 0 aliphatic carbocycles. The summed E-state index contributed by atoms with van der Waals surface area (Å²) in [6, 6.07) is 6.36. The highest BCUT2D eigenvalue weighted by Crippen LogP contribution is 2.20. The second-order valence-electron chi connectivity index (χ2n) is 4.73. The minimum atomic E-state index is -0.409. The number of carbonyl (C=O) groups is 1. The monoisotopic (exact) mass is 261 g/mol. The number of likely N-dealkylation sites (tertiary alicyclic amines) is 1. The Morgan fingerprint density at radius 3 is 2.74 bits per heavy atom. The van der Waals surface area contributed by atoms with E-state index in [1.54, 1.807) is 13.0 Å². The first-order valence-electron chi connectivity index (χ1n) is 6.32. The molecule has 1 fully saturated rings. The number of hydrogen-bond acceptors (Lipinski definition) is 3. The average molecular weight is 261 g/mol.